The van der Waals surface area contributed by atoms with Crippen LogP contribution < -0.4 is 5.32 Å². The van der Waals surface area contributed by atoms with Crippen LogP contribution in [0.2, 0.25) is 0 Å². The van der Waals surface area contributed by atoms with Crippen LogP contribution in [0.1, 0.15) is 425 Å². The molecule has 0 aliphatic carbocycles. The number of rotatable bonds is 70. The van der Waals surface area contributed by atoms with E-state index in [9.17, 15) is 19.8 Å². The first-order valence-electron chi connectivity index (χ1n) is 37.0. The fraction of sp³-hybridized carbons (Fsp3) is 0.946. The molecule has 2 atom stereocenters. The number of amides is 1. The fourth-order valence-electron chi connectivity index (χ4n) is 11.9. The predicted octanol–water partition coefficient (Wildman–Crippen LogP) is 23.9. The maximum atomic E-state index is 12.5. The quantitative estimate of drug-likeness (QED) is 0.0320. The minimum Gasteiger partial charge on any atom is -0.466 e. The third-order valence-corrected chi connectivity index (χ3v) is 17.6. The number of hydrogen-bond donors (Lipinski definition) is 3. The molecule has 0 aromatic rings. The van der Waals surface area contributed by atoms with Crippen molar-refractivity contribution in [3.63, 3.8) is 0 Å². The molecule has 6 nitrogen and oxygen atoms in total. The molecule has 0 aromatic heterocycles. The highest BCUT2D eigenvalue weighted by Gasteiger charge is 2.18. The van der Waals surface area contributed by atoms with Gasteiger partial charge >= 0.3 is 5.97 Å². The second-order valence-corrected chi connectivity index (χ2v) is 25.6. The highest BCUT2D eigenvalue weighted by Crippen LogP contribution is 2.20. The van der Waals surface area contributed by atoms with E-state index in [1.807, 2.05) is 6.08 Å². The first-order valence-corrected chi connectivity index (χ1v) is 37.0. The maximum absolute atomic E-state index is 12.5. The van der Waals surface area contributed by atoms with E-state index in [-0.39, 0.29) is 18.5 Å². The number of aliphatic hydroxyl groups is 2. The molecular weight excluding hydrogens is 983 g/mol. The lowest BCUT2D eigenvalue weighted by molar-refractivity contribution is -0.143. The van der Waals surface area contributed by atoms with Gasteiger partial charge in [-0.05, 0) is 32.1 Å². The summed E-state index contributed by atoms with van der Waals surface area (Å²) >= 11 is 0. The highest BCUT2D eigenvalue weighted by molar-refractivity contribution is 5.76. The summed E-state index contributed by atoms with van der Waals surface area (Å²) in [5.74, 6) is -0.0349. The lowest BCUT2D eigenvalue weighted by Gasteiger charge is -2.20. The van der Waals surface area contributed by atoms with Crippen molar-refractivity contribution < 1.29 is 24.5 Å². The molecular formula is C74H145NO5. The van der Waals surface area contributed by atoms with Crippen LogP contribution in [0.15, 0.2) is 12.2 Å². The number of aliphatic hydroxyl groups excluding tert-OH is 2. The lowest BCUT2D eigenvalue weighted by atomic mass is 10.0. The zero-order chi connectivity index (χ0) is 57.8. The second kappa shape index (κ2) is 70.1. The van der Waals surface area contributed by atoms with Gasteiger partial charge in [-0.2, -0.15) is 0 Å². The maximum Gasteiger partial charge on any atom is 0.305 e. The van der Waals surface area contributed by atoms with Crippen molar-refractivity contribution in [2.24, 2.45) is 0 Å². The van der Waals surface area contributed by atoms with Gasteiger partial charge in [0.1, 0.15) is 0 Å². The van der Waals surface area contributed by atoms with Gasteiger partial charge < -0.3 is 20.3 Å². The SMILES string of the molecule is CCCCCCCCCCCCCCC/C=C/C(O)C(CO)NC(=O)CCCCCCCCCCCCCCCCCCCCCCCCCCCCCCCCCCOC(=O)CCCCCCCCCCCCCCCCCC. The molecule has 476 valence electrons. The summed E-state index contributed by atoms with van der Waals surface area (Å²) in [5, 5.41) is 23.2. The summed E-state index contributed by atoms with van der Waals surface area (Å²) in [5.41, 5.74) is 0. The number of nitrogens with one attached hydrogen (secondary N) is 1. The molecule has 0 aliphatic rings. The summed E-state index contributed by atoms with van der Waals surface area (Å²) in [6.07, 6.45) is 87.4. The molecule has 6 heteroatoms. The molecule has 0 aromatic carbocycles. The number of unbranched alkanes of at least 4 members (excludes halogenated alkanes) is 59. The normalized spacial score (nSPS) is 12.5. The number of carbonyl (C=O) groups is 2. The summed E-state index contributed by atoms with van der Waals surface area (Å²) in [7, 11) is 0. The van der Waals surface area contributed by atoms with E-state index >= 15 is 0 Å². The molecule has 0 aliphatic heterocycles. The Morgan fingerprint density at radius 1 is 0.338 bits per heavy atom. The molecule has 80 heavy (non-hydrogen) atoms. The van der Waals surface area contributed by atoms with Gasteiger partial charge in [0.15, 0.2) is 0 Å². The second-order valence-electron chi connectivity index (χ2n) is 25.6. The van der Waals surface area contributed by atoms with Crippen LogP contribution in [-0.4, -0.2) is 47.4 Å². The standard InChI is InChI=1S/C74H145NO5/c1-3-5-7-9-11-13-15-17-19-40-44-48-52-56-60-64-68-74(79)80-69-65-61-57-53-49-45-41-37-35-33-31-29-27-25-23-21-20-22-24-26-28-30-32-34-36-39-43-47-51-55-59-63-67-73(78)75-71(70-76)72(77)66-62-58-54-50-46-42-38-18-16-14-12-10-8-6-4-2/h62,66,71-72,76-77H,3-61,63-65,67-70H2,1-2H3,(H,75,78)/b66-62+. The van der Waals surface area contributed by atoms with Crippen molar-refractivity contribution in [1.29, 1.82) is 0 Å². The Kier molecular flexibility index (Phi) is 68.9. The Labute approximate surface area is 501 Å². The van der Waals surface area contributed by atoms with Crippen LogP contribution in [0.4, 0.5) is 0 Å². The van der Waals surface area contributed by atoms with Crippen molar-refractivity contribution in [3.05, 3.63) is 12.2 Å². The summed E-state index contributed by atoms with van der Waals surface area (Å²) in [6.45, 7) is 4.95. The predicted molar refractivity (Wildman–Crippen MR) is 352 cm³/mol. The van der Waals surface area contributed by atoms with Crippen molar-refractivity contribution in [3.8, 4) is 0 Å². The Bertz CT molecular complexity index is 1210. The van der Waals surface area contributed by atoms with Crippen molar-refractivity contribution >= 4 is 11.9 Å². The van der Waals surface area contributed by atoms with Gasteiger partial charge in [-0.1, -0.05) is 392 Å². The van der Waals surface area contributed by atoms with Crippen LogP contribution in [-0.2, 0) is 14.3 Å². The molecule has 0 bridgehead atoms. The summed E-state index contributed by atoms with van der Waals surface area (Å²) < 4.78 is 5.51. The van der Waals surface area contributed by atoms with E-state index < -0.39 is 12.1 Å². The van der Waals surface area contributed by atoms with E-state index in [2.05, 4.69) is 19.2 Å². The Hall–Kier alpha value is -1.40. The van der Waals surface area contributed by atoms with E-state index in [1.165, 1.54) is 360 Å². The van der Waals surface area contributed by atoms with Crippen LogP contribution in [0.25, 0.3) is 0 Å². The van der Waals surface area contributed by atoms with Crippen molar-refractivity contribution in [1.82, 2.24) is 5.32 Å². The molecule has 0 radical (unpaired) electrons. The van der Waals surface area contributed by atoms with Gasteiger partial charge in [0, 0.05) is 12.8 Å². The van der Waals surface area contributed by atoms with Crippen LogP contribution in [0.3, 0.4) is 0 Å². The smallest absolute Gasteiger partial charge is 0.305 e. The molecule has 0 fully saturated rings. The minimum atomic E-state index is -0.840. The zero-order valence-corrected chi connectivity index (χ0v) is 54.6. The summed E-state index contributed by atoms with van der Waals surface area (Å²) in [6, 6.07) is -0.623. The monoisotopic (exact) mass is 1130 g/mol. The largest absolute Gasteiger partial charge is 0.466 e. The lowest BCUT2D eigenvalue weighted by Crippen LogP contribution is -2.45. The summed E-state index contributed by atoms with van der Waals surface area (Å²) in [4.78, 5) is 24.6. The highest BCUT2D eigenvalue weighted by atomic mass is 16.5. The topological polar surface area (TPSA) is 95.9 Å². The van der Waals surface area contributed by atoms with E-state index in [1.54, 1.807) is 6.08 Å². The molecule has 0 saturated carbocycles. The van der Waals surface area contributed by atoms with Crippen LogP contribution in [0.5, 0.6) is 0 Å². The number of hydrogen-bond acceptors (Lipinski definition) is 5. The molecule has 0 saturated heterocycles. The number of esters is 1. The van der Waals surface area contributed by atoms with Gasteiger partial charge in [0.2, 0.25) is 5.91 Å². The van der Waals surface area contributed by atoms with Gasteiger partial charge in [0.25, 0.3) is 0 Å². The average molecular weight is 1130 g/mol. The fourth-order valence-corrected chi connectivity index (χ4v) is 11.9. The van der Waals surface area contributed by atoms with Gasteiger partial charge in [-0.25, -0.2) is 0 Å². The Morgan fingerprint density at radius 3 is 0.850 bits per heavy atom. The average Bonchev–Trinajstić information content (AvgIpc) is 3.46. The molecule has 2 unspecified atom stereocenters. The first kappa shape index (κ1) is 78.6. The number of ether oxygens (including phenoxy) is 1. The molecule has 0 spiro atoms. The Balaban J connectivity index is 3.31. The van der Waals surface area contributed by atoms with E-state index in [0.29, 0.717) is 19.4 Å². The zero-order valence-electron chi connectivity index (χ0n) is 54.6. The van der Waals surface area contributed by atoms with E-state index in [4.69, 9.17) is 4.74 Å². The van der Waals surface area contributed by atoms with Gasteiger partial charge in [0.05, 0.1) is 25.4 Å². The first-order chi connectivity index (χ1) is 39.5. The van der Waals surface area contributed by atoms with Gasteiger partial charge in [-0.3, -0.25) is 9.59 Å². The van der Waals surface area contributed by atoms with Gasteiger partial charge in [-0.15, -0.1) is 0 Å². The van der Waals surface area contributed by atoms with Crippen LogP contribution >= 0.6 is 0 Å². The molecule has 0 heterocycles. The van der Waals surface area contributed by atoms with Crippen molar-refractivity contribution in [2.75, 3.05) is 13.2 Å². The Morgan fingerprint density at radius 2 is 0.575 bits per heavy atom. The third-order valence-electron chi connectivity index (χ3n) is 17.6. The minimum absolute atomic E-state index is 0.0254. The van der Waals surface area contributed by atoms with E-state index in [0.717, 1.165) is 38.5 Å². The molecule has 1 amide bonds. The number of allylic oxidation sites excluding steroid dienone is 1. The van der Waals surface area contributed by atoms with Crippen LogP contribution in [0, 0.1) is 0 Å². The molecule has 3 N–H and O–H groups in total. The number of carbonyl (C=O) groups excluding carboxylic acids is 2. The third kappa shape index (κ3) is 65.7. The molecule has 0 rings (SSSR count). The van der Waals surface area contributed by atoms with Crippen molar-refractivity contribution in [2.45, 2.75) is 437 Å².